The van der Waals surface area contributed by atoms with Crippen LogP contribution in [0.2, 0.25) is 5.02 Å². The number of nitrogens with one attached hydrogen (secondary N) is 1. The third-order valence-electron chi connectivity index (χ3n) is 7.78. The van der Waals surface area contributed by atoms with Crippen LogP contribution in [0.3, 0.4) is 0 Å². The van der Waals surface area contributed by atoms with Gasteiger partial charge in [-0.1, -0.05) is 35.4 Å². The summed E-state index contributed by atoms with van der Waals surface area (Å²) in [5.74, 6) is 1.84. The lowest BCUT2D eigenvalue weighted by Crippen LogP contribution is -2.61. The van der Waals surface area contributed by atoms with Crippen LogP contribution in [0, 0.1) is 31.6 Å². The second-order valence-electron chi connectivity index (χ2n) is 10.5. The third-order valence-corrected chi connectivity index (χ3v) is 9.98. The van der Waals surface area contributed by atoms with E-state index in [9.17, 15) is 13.2 Å². The van der Waals surface area contributed by atoms with Gasteiger partial charge < -0.3 is 5.32 Å². The summed E-state index contributed by atoms with van der Waals surface area (Å²) >= 11 is 6.33. The number of hydrogen-bond acceptors (Lipinski definition) is 3. The molecule has 4 fully saturated rings. The molecule has 4 aliphatic carbocycles. The molecule has 0 aliphatic heterocycles. The van der Waals surface area contributed by atoms with Gasteiger partial charge in [0.25, 0.3) is 10.0 Å². The number of benzene rings is 2. The number of anilines is 1. The molecule has 0 heterocycles. The average Bonchev–Trinajstić information content (AvgIpc) is 2.73. The number of aryl methyl sites for hydroxylation is 2. The minimum atomic E-state index is -3.95. The molecule has 4 bridgehead atoms. The molecule has 0 aromatic heterocycles. The van der Waals surface area contributed by atoms with Crippen molar-refractivity contribution in [2.45, 2.75) is 62.8 Å². The quantitative estimate of drug-likeness (QED) is 0.607. The van der Waals surface area contributed by atoms with Crippen molar-refractivity contribution < 1.29 is 13.2 Å². The first-order valence-corrected chi connectivity index (χ1v) is 13.6. The molecule has 1 N–H and O–H groups in total. The molecule has 5 nitrogen and oxygen atoms in total. The molecule has 0 unspecified atom stereocenters. The Labute approximate surface area is 201 Å². The van der Waals surface area contributed by atoms with Crippen molar-refractivity contribution in [3.05, 3.63) is 58.6 Å². The molecule has 0 saturated heterocycles. The van der Waals surface area contributed by atoms with Crippen LogP contribution >= 0.6 is 11.6 Å². The fraction of sp³-hybridized carbons (Fsp3) is 0.500. The lowest BCUT2D eigenvalue weighted by molar-refractivity contribution is -0.125. The maximum atomic E-state index is 13.6. The summed E-state index contributed by atoms with van der Waals surface area (Å²) < 4.78 is 28.5. The van der Waals surface area contributed by atoms with Gasteiger partial charge in [-0.2, -0.15) is 0 Å². The largest absolute Gasteiger partial charge is 0.349 e. The van der Waals surface area contributed by atoms with Gasteiger partial charge in [0.1, 0.15) is 6.54 Å². The highest BCUT2D eigenvalue weighted by Crippen LogP contribution is 2.55. The van der Waals surface area contributed by atoms with Crippen molar-refractivity contribution >= 4 is 33.2 Å². The van der Waals surface area contributed by atoms with Crippen molar-refractivity contribution in [1.82, 2.24) is 5.32 Å². The van der Waals surface area contributed by atoms with E-state index in [4.69, 9.17) is 11.6 Å². The highest BCUT2D eigenvalue weighted by atomic mass is 35.5. The van der Waals surface area contributed by atoms with E-state index < -0.39 is 10.0 Å². The summed E-state index contributed by atoms with van der Waals surface area (Å²) in [6.07, 6.45) is 6.91. The van der Waals surface area contributed by atoms with Gasteiger partial charge in [0.2, 0.25) is 5.91 Å². The van der Waals surface area contributed by atoms with E-state index in [0.717, 1.165) is 30.4 Å². The Balaban J connectivity index is 1.44. The predicted octanol–water partition coefficient (Wildman–Crippen LogP) is 5.24. The summed E-state index contributed by atoms with van der Waals surface area (Å²) in [6.45, 7) is 3.51. The summed E-state index contributed by atoms with van der Waals surface area (Å²) in [6, 6.07) is 11.8. The van der Waals surface area contributed by atoms with Crippen LogP contribution in [0.15, 0.2) is 47.4 Å². The molecule has 176 valence electrons. The van der Waals surface area contributed by atoms with Crippen LogP contribution in [0.25, 0.3) is 0 Å². The number of sulfonamides is 1. The van der Waals surface area contributed by atoms with Crippen molar-refractivity contribution in [3.8, 4) is 0 Å². The molecule has 4 saturated carbocycles. The first-order valence-electron chi connectivity index (χ1n) is 11.8. The van der Waals surface area contributed by atoms with Gasteiger partial charge in [-0.25, -0.2) is 8.42 Å². The van der Waals surface area contributed by atoms with Crippen LogP contribution in [0.1, 0.15) is 49.7 Å². The molecule has 4 aliphatic rings. The van der Waals surface area contributed by atoms with Gasteiger partial charge in [0, 0.05) is 10.6 Å². The highest BCUT2D eigenvalue weighted by molar-refractivity contribution is 7.92. The van der Waals surface area contributed by atoms with Crippen molar-refractivity contribution in [2.75, 3.05) is 10.8 Å². The Morgan fingerprint density at radius 2 is 1.58 bits per heavy atom. The van der Waals surface area contributed by atoms with Gasteiger partial charge in [0.15, 0.2) is 0 Å². The number of hydrogen-bond donors (Lipinski definition) is 1. The lowest BCUT2D eigenvalue weighted by Gasteiger charge is -2.57. The minimum Gasteiger partial charge on any atom is -0.349 e. The topological polar surface area (TPSA) is 66.5 Å². The summed E-state index contributed by atoms with van der Waals surface area (Å²) in [5, 5.41) is 3.78. The van der Waals surface area contributed by atoms with Gasteiger partial charge >= 0.3 is 0 Å². The number of rotatable bonds is 6. The predicted molar refractivity (Wildman–Crippen MR) is 131 cm³/mol. The van der Waals surface area contributed by atoms with Gasteiger partial charge in [-0.05, 0) is 100.0 Å². The van der Waals surface area contributed by atoms with Gasteiger partial charge in [-0.3, -0.25) is 9.10 Å². The molecule has 2 aromatic rings. The molecule has 2 aromatic carbocycles. The maximum Gasteiger partial charge on any atom is 0.264 e. The summed E-state index contributed by atoms with van der Waals surface area (Å²) in [7, 11) is -3.95. The number of halogens is 1. The monoisotopic (exact) mass is 486 g/mol. The lowest BCUT2D eigenvalue weighted by atomic mass is 9.53. The van der Waals surface area contributed by atoms with Gasteiger partial charge in [0.05, 0.1) is 10.6 Å². The molecule has 33 heavy (non-hydrogen) atoms. The second-order valence-corrected chi connectivity index (χ2v) is 12.8. The van der Waals surface area contributed by atoms with E-state index in [1.807, 2.05) is 13.8 Å². The molecular weight excluding hydrogens is 456 g/mol. The second kappa shape index (κ2) is 8.31. The highest BCUT2D eigenvalue weighted by Gasteiger charge is 2.51. The molecule has 0 spiro atoms. The number of amides is 1. The maximum absolute atomic E-state index is 13.6. The van der Waals surface area contributed by atoms with E-state index in [1.165, 1.54) is 23.6 Å². The Bertz CT molecular complexity index is 1140. The Hall–Kier alpha value is -2.05. The van der Waals surface area contributed by atoms with Crippen LogP contribution in [0.5, 0.6) is 0 Å². The van der Waals surface area contributed by atoms with E-state index in [2.05, 4.69) is 5.32 Å². The molecule has 0 atom stereocenters. The summed E-state index contributed by atoms with van der Waals surface area (Å²) in [4.78, 5) is 13.5. The van der Waals surface area contributed by atoms with Crippen molar-refractivity contribution in [1.29, 1.82) is 0 Å². The van der Waals surface area contributed by atoms with E-state index in [1.54, 1.807) is 42.5 Å². The zero-order valence-electron chi connectivity index (χ0n) is 19.2. The average molecular weight is 487 g/mol. The van der Waals surface area contributed by atoms with Crippen LogP contribution in [-0.2, 0) is 14.8 Å². The number of nitrogens with zero attached hydrogens (tertiary/aromatic N) is 1. The van der Waals surface area contributed by atoms with E-state index in [0.29, 0.717) is 28.5 Å². The van der Waals surface area contributed by atoms with E-state index >= 15 is 0 Å². The normalized spacial score (nSPS) is 28.0. The molecule has 7 heteroatoms. The zero-order chi connectivity index (χ0) is 23.4. The fourth-order valence-electron chi connectivity index (χ4n) is 6.62. The smallest absolute Gasteiger partial charge is 0.264 e. The van der Waals surface area contributed by atoms with Crippen LogP contribution < -0.4 is 9.62 Å². The Morgan fingerprint density at radius 1 is 1.00 bits per heavy atom. The first kappa shape index (κ1) is 22.7. The van der Waals surface area contributed by atoms with Gasteiger partial charge in [-0.15, -0.1) is 0 Å². The molecular formula is C26H31ClN2O3S. The number of carbonyl (C=O) groups excluding carboxylic acids is 1. The van der Waals surface area contributed by atoms with Crippen LogP contribution in [0.4, 0.5) is 5.69 Å². The van der Waals surface area contributed by atoms with E-state index in [-0.39, 0.29) is 22.9 Å². The fourth-order valence-corrected chi connectivity index (χ4v) is 8.21. The third kappa shape index (κ3) is 4.40. The standard InChI is InChI=1S/C26H31ClN2O3S/c1-17-3-7-23(8-4-17)33(31,32)29(22-6-5-18(2)24(27)12-22)16-25(30)28-26-13-19-9-20(14-26)11-21(10-19)15-26/h3-8,12,19-21H,9-11,13-16H2,1-2H3,(H,28,30). The SMILES string of the molecule is Cc1ccc(S(=O)(=O)N(CC(=O)NC23CC4CC(CC(C4)C2)C3)c2ccc(C)c(Cl)c2)cc1. The zero-order valence-corrected chi connectivity index (χ0v) is 20.8. The Morgan fingerprint density at radius 3 is 2.12 bits per heavy atom. The molecule has 6 rings (SSSR count). The van der Waals surface area contributed by atoms with Crippen LogP contribution in [-0.4, -0.2) is 26.4 Å². The van der Waals surface area contributed by atoms with Crippen molar-refractivity contribution in [3.63, 3.8) is 0 Å². The summed E-state index contributed by atoms with van der Waals surface area (Å²) in [5.41, 5.74) is 2.05. The van der Waals surface area contributed by atoms with Crippen molar-refractivity contribution in [2.24, 2.45) is 17.8 Å². The molecule has 1 amide bonds. The molecule has 0 radical (unpaired) electrons. The number of carbonyl (C=O) groups is 1. The first-order chi connectivity index (χ1) is 15.6. The minimum absolute atomic E-state index is 0.160. The Kier molecular flexibility index (Phi) is 5.73.